The van der Waals surface area contributed by atoms with Gasteiger partial charge in [0, 0.05) is 13.5 Å². The Hall–Kier alpha value is -2.87. The highest BCUT2D eigenvalue weighted by molar-refractivity contribution is 7.91. The number of rotatable bonds is 5. The lowest BCUT2D eigenvalue weighted by Gasteiger charge is -2.40. The van der Waals surface area contributed by atoms with Crippen LogP contribution in [-0.4, -0.2) is 44.9 Å². The molecule has 33 heavy (non-hydrogen) atoms. The first-order valence-corrected chi connectivity index (χ1v) is 13.0. The number of benzene rings is 2. The Morgan fingerprint density at radius 2 is 1.67 bits per heavy atom. The standard InChI is InChI=1S/C25H30N2O5S/c1-16(2)32-25(29)26-14-17(3)27(18(4)28)23-12-9-21(13-24(23)26)20-7-10-22(11-8-20)33(30,31)15-19-5-6-19/h7-13,16-17,19H,5-6,14-15H2,1-4H3/t17-/m0/s1. The highest BCUT2D eigenvalue weighted by Gasteiger charge is 2.35. The summed E-state index contributed by atoms with van der Waals surface area (Å²) in [6.45, 7) is 7.32. The molecule has 176 valence electrons. The molecule has 0 saturated heterocycles. The van der Waals surface area contributed by atoms with Crippen LogP contribution in [0.15, 0.2) is 47.4 Å². The molecule has 0 unspecified atom stereocenters. The summed E-state index contributed by atoms with van der Waals surface area (Å²) >= 11 is 0. The maximum Gasteiger partial charge on any atom is 0.414 e. The van der Waals surface area contributed by atoms with Crippen LogP contribution in [0.25, 0.3) is 11.1 Å². The molecule has 1 saturated carbocycles. The number of nitrogens with zero attached hydrogens (tertiary/aromatic N) is 2. The van der Waals surface area contributed by atoms with Crippen molar-refractivity contribution in [3.05, 3.63) is 42.5 Å². The van der Waals surface area contributed by atoms with Gasteiger partial charge in [-0.05, 0) is 74.9 Å². The molecule has 2 amide bonds. The molecule has 1 fully saturated rings. The maximum atomic E-state index is 12.8. The zero-order valence-electron chi connectivity index (χ0n) is 19.4. The Morgan fingerprint density at radius 3 is 2.24 bits per heavy atom. The van der Waals surface area contributed by atoms with E-state index in [2.05, 4.69) is 0 Å². The van der Waals surface area contributed by atoms with Gasteiger partial charge in [-0.1, -0.05) is 18.2 Å². The fourth-order valence-electron chi connectivity index (χ4n) is 4.27. The smallest absolute Gasteiger partial charge is 0.414 e. The summed E-state index contributed by atoms with van der Waals surface area (Å²) in [5, 5.41) is 0. The molecule has 1 aliphatic heterocycles. The average Bonchev–Trinajstić information content (AvgIpc) is 3.55. The van der Waals surface area contributed by atoms with E-state index in [-0.39, 0.29) is 23.8 Å². The van der Waals surface area contributed by atoms with Gasteiger partial charge in [-0.3, -0.25) is 9.69 Å². The normalized spacial score (nSPS) is 18.3. The molecular weight excluding hydrogens is 440 g/mol. The molecule has 1 atom stereocenters. The van der Waals surface area contributed by atoms with Crippen LogP contribution in [0.4, 0.5) is 16.2 Å². The number of carbonyl (C=O) groups excluding carboxylic acids is 2. The van der Waals surface area contributed by atoms with Crippen molar-refractivity contribution < 1.29 is 22.7 Å². The second kappa shape index (κ2) is 8.82. The Morgan fingerprint density at radius 1 is 1.03 bits per heavy atom. The molecule has 7 nitrogen and oxygen atoms in total. The van der Waals surface area contributed by atoms with E-state index in [9.17, 15) is 18.0 Å². The molecule has 0 radical (unpaired) electrons. The summed E-state index contributed by atoms with van der Waals surface area (Å²) in [6, 6.07) is 12.2. The van der Waals surface area contributed by atoms with Crippen molar-refractivity contribution in [2.24, 2.45) is 5.92 Å². The minimum Gasteiger partial charge on any atom is -0.446 e. The highest BCUT2D eigenvalue weighted by Crippen LogP contribution is 2.39. The van der Waals surface area contributed by atoms with Crippen molar-refractivity contribution in [1.29, 1.82) is 0 Å². The van der Waals surface area contributed by atoms with Gasteiger partial charge >= 0.3 is 6.09 Å². The lowest BCUT2D eigenvalue weighted by Crippen LogP contribution is -2.51. The summed E-state index contributed by atoms with van der Waals surface area (Å²) in [7, 11) is -3.28. The molecule has 8 heteroatoms. The number of carbonyl (C=O) groups is 2. The molecule has 1 aliphatic carbocycles. The van der Waals surface area contributed by atoms with Crippen molar-refractivity contribution in [3.63, 3.8) is 0 Å². The number of sulfone groups is 1. The summed E-state index contributed by atoms with van der Waals surface area (Å²) in [6.07, 6.45) is 1.24. The van der Waals surface area contributed by atoms with E-state index in [0.717, 1.165) is 24.0 Å². The first kappa shape index (κ1) is 23.3. The van der Waals surface area contributed by atoms with Crippen LogP contribution in [-0.2, 0) is 19.4 Å². The van der Waals surface area contributed by atoms with Gasteiger partial charge < -0.3 is 9.64 Å². The molecule has 1 heterocycles. The Bertz CT molecular complexity index is 1170. The molecule has 0 spiro atoms. The lowest BCUT2D eigenvalue weighted by atomic mass is 10.0. The van der Waals surface area contributed by atoms with E-state index < -0.39 is 15.9 Å². The van der Waals surface area contributed by atoms with Crippen LogP contribution in [0.1, 0.15) is 40.5 Å². The lowest BCUT2D eigenvalue weighted by molar-refractivity contribution is -0.117. The van der Waals surface area contributed by atoms with Gasteiger partial charge in [-0.15, -0.1) is 0 Å². The molecule has 4 rings (SSSR count). The van der Waals surface area contributed by atoms with Gasteiger partial charge in [0.1, 0.15) is 0 Å². The topological polar surface area (TPSA) is 84.0 Å². The number of ether oxygens (including phenoxy) is 1. The van der Waals surface area contributed by atoms with E-state index in [1.807, 2.05) is 25.1 Å². The van der Waals surface area contributed by atoms with Crippen molar-refractivity contribution in [2.45, 2.75) is 57.6 Å². The Kier molecular flexibility index (Phi) is 6.22. The zero-order chi connectivity index (χ0) is 23.9. The van der Waals surface area contributed by atoms with Gasteiger partial charge in [-0.25, -0.2) is 13.2 Å². The summed E-state index contributed by atoms with van der Waals surface area (Å²) in [4.78, 5) is 28.7. The second-order valence-corrected chi connectivity index (χ2v) is 11.3. The molecule has 0 N–H and O–H groups in total. The second-order valence-electron chi connectivity index (χ2n) is 9.23. The Balaban J connectivity index is 1.70. The molecule has 0 bridgehead atoms. The van der Waals surface area contributed by atoms with Crippen LogP contribution >= 0.6 is 0 Å². The van der Waals surface area contributed by atoms with Crippen LogP contribution in [0.3, 0.4) is 0 Å². The molecule has 0 aromatic heterocycles. The quantitative estimate of drug-likeness (QED) is 0.635. The van der Waals surface area contributed by atoms with E-state index in [4.69, 9.17) is 4.74 Å². The highest BCUT2D eigenvalue weighted by atomic mass is 32.2. The van der Waals surface area contributed by atoms with Crippen LogP contribution < -0.4 is 9.80 Å². The van der Waals surface area contributed by atoms with Crippen molar-refractivity contribution in [1.82, 2.24) is 0 Å². The van der Waals surface area contributed by atoms with Gasteiger partial charge in [-0.2, -0.15) is 0 Å². The molecule has 2 aliphatic rings. The van der Waals surface area contributed by atoms with Crippen LogP contribution in [0.5, 0.6) is 0 Å². The van der Waals surface area contributed by atoms with Crippen LogP contribution in [0, 0.1) is 5.92 Å². The van der Waals surface area contributed by atoms with E-state index in [0.29, 0.717) is 28.7 Å². The van der Waals surface area contributed by atoms with E-state index >= 15 is 0 Å². The van der Waals surface area contributed by atoms with Crippen molar-refractivity contribution in [3.8, 4) is 11.1 Å². The fraction of sp³-hybridized carbons (Fsp3) is 0.440. The largest absolute Gasteiger partial charge is 0.446 e. The molecule has 2 aromatic carbocycles. The first-order valence-electron chi connectivity index (χ1n) is 11.3. The van der Waals surface area contributed by atoms with Gasteiger partial charge in [0.25, 0.3) is 0 Å². The van der Waals surface area contributed by atoms with E-state index in [1.165, 1.54) is 6.92 Å². The number of hydrogen-bond acceptors (Lipinski definition) is 5. The third kappa shape index (κ3) is 4.90. The van der Waals surface area contributed by atoms with Gasteiger partial charge in [0.15, 0.2) is 9.84 Å². The van der Waals surface area contributed by atoms with Crippen molar-refractivity contribution >= 4 is 33.2 Å². The molecule has 2 aromatic rings. The minimum atomic E-state index is -3.28. The van der Waals surface area contributed by atoms with Crippen molar-refractivity contribution in [2.75, 3.05) is 22.1 Å². The summed E-state index contributed by atoms with van der Waals surface area (Å²) in [5.74, 6) is 0.397. The number of amides is 2. The third-order valence-corrected chi connectivity index (χ3v) is 7.91. The average molecular weight is 471 g/mol. The number of fused-ring (bicyclic) bond motifs is 1. The van der Waals surface area contributed by atoms with Gasteiger partial charge in [0.2, 0.25) is 5.91 Å². The zero-order valence-corrected chi connectivity index (χ0v) is 20.3. The number of anilines is 2. The monoisotopic (exact) mass is 470 g/mol. The van der Waals surface area contributed by atoms with Gasteiger partial charge in [0.05, 0.1) is 34.2 Å². The fourth-order valence-corrected chi connectivity index (χ4v) is 5.97. The SMILES string of the molecule is CC(=O)N1c2ccc(-c3ccc(S(=O)(=O)CC4CC4)cc3)cc2N(C(=O)OC(C)C)C[C@@H]1C. The maximum absolute atomic E-state index is 12.8. The predicted molar refractivity (Wildman–Crippen MR) is 128 cm³/mol. The number of hydrogen-bond donors (Lipinski definition) is 0. The van der Waals surface area contributed by atoms with Crippen LogP contribution in [0.2, 0.25) is 0 Å². The summed E-state index contributed by atoms with van der Waals surface area (Å²) in [5.41, 5.74) is 2.89. The third-order valence-electron chi connectivity index (χ3n) is 6.01. The summed E-state index contributed by atoms with van der Waals surface area (Å²) < 4.78 is 30.6. The Labute approximate surface area is 195 Å². The first-order chi connectivity index (χ1) is 15.6. The van der Waals surface area contributed by atoms with E-state index in [1.54, 1.807) is 47.9 Å². The predicted octanol–water partition coefficient (Wildman–Crippen LogP) is 4.64. The molecular formula is C25H30N2O5S. The minimum absolute atomic E-state index is 0.0985.